The van der Waals surface area contributed by atoms with Crippen molar-refractivity contribution in [3.05, 3.63) is 113 Å². The van der Waals surface area contributed by atoms with Gasteiger partial charge in [0, 0.05) is 18.7 Å². The molecule has 0 amide bonds. The molecule has 0 heterocycles. The minimum atomic E-state index is -4.62. The van der Waals surface area contributed by atoms with Crippen LogP contribution in [0.2, 0.25) is 0 Å². The maximum Gasteiger partial charge on any atom is 0.416 e. The van der Waals surface area contributed by atoms with Gasteiger partial charge < -0.3 is 19.3 Å². The molecule has 12 heteroatoms. The molecule has 0 aliphatic rings. The number of sulfonamides is 1. The molecular weight excluding hydrogens is 611 g/mol. The highest BCUT2D eigenvalue weighted by Gasteiger charge is 2.32. The van der Waals surface area contributed by atoms with Crippen LogP contribution in [0.25, 0.3) is 0 Å². The molecule has 0 saturated heterocycles. The van der Waals surface area contributed by atoms with Crippen molar-refractivity contribution < 1.29 is 45.7 Å². The second-order valence-electron chi connectivity index (χ2n) is 10.9. The quantitative estimate of drug-likeness (QED) is 0.168. The van der Waals surface area contributed by atoms with Gasteiger partial charge in [-0.1, -0.05) is 36.4 Å². The Hall–Kier alpha value is -4.55. The molecule has 0 bridgehead atoms. The molecule has 238 valence electrons. The third-order valence-corrected chi connectivity index (χ3v) is 7.90. The van der Waals surface area contributed by atoms with Gasteiger partial charge in [-0.05, 0) is 86.5 Å². The van der Waals surface area contributed by atoms with E-state index >= 15 is 0 Å². The molecule has 8 nitrogen and oxygen atoms in total. The number of aliphatic carboxylic acids is 1. The summed E-state index contributed by atoms with van der Waals surface area (Å²) in [6.45, 7) is 4.28. The summed E-state index contributed by atoms with van der Waals surface area (Å²) in [6.07, 6.45) is -3.60. The summed E-state index contributed by atoms with van der Waals surface area (Å²) in [4.78, 5) is 11.4. The van der Waals surface area contributed by atoms with Crippen molar-refractivity contribution in [2.45, 2.75) is 45.6 Å². The highest BCUT2D eigenvalue weighted by atomic mass is 32.2. The summed E-state index contributed by atoms with van der Waals surface area (Å²) in [7, 11) is -3.83. The fourth-order valence-electron chi connectivity index (χ4n) is 4.22. The molecule has 0 aliphatic heterocycles. The van der Waals surface area contributed by atoms with Crippen molar-refractivity contribution in [2.75, 3.05) is 6.26 Å². The van der Waals surface area contributed by atoms with Gasteiger partial charge in [0.25, 0.3) is 0 Å². The van der Waals surface area contributed by atoms with E-state index in [1.807, 2.05) is 0 Å². The van der Waals surface area contributed by atoms with Crippen molar-refractivity contribution in [2.24, 2.45) is 0 Å². The van der Waals surface area contributed by atoms with Crippen LogP contribution in [0.5, 0.6) is 28.7 Å². The molecule has 0 spiro atoms. The molecular formula is C33H32F3NO7S. The Kier molecular flexibility index (Phi) is 9.79. The van der Waals surface area contributed by atoms with Gasteiger partial charge in [-0.3, -0.25) is 0 Å². The largest absolute Gasteiger partial charge is 0.478 e. The first-order valence-corrected chi connectivity index (χ1v) is 15.5. The first-order valence-electron chi connectivity index (χ1n) is 13.7. The van der Waals surface area contributed by atoms with Crippen LogP contribution in [0.4, 0.5) is 13.2 Å². The summed E-state index contributed by atoms with van der Waals surface area (Å²) in [5.41, 5.74) is -0.898. The molecule has 4 rings (SSSR count). The van der Waals surface area contributed by atoms with E-state index in [2.05, 4.69) is 0 Å². The maximum atomic E-state index is 13.5. The number of carboxylic acid groups (broad SMARTS) is 1. The summed E-state index contributed by atoms with van der Waals surface area (Å²) in [5, 5.41) is 9.34. The lowest BCUT2D eigenvalue weighted by Crippen LogP contribution is -2.38. The molecule has 0 fully saturated rings. The molecule has 45 heavy (non-hydrogen) atoms. The summed E-state index contributed by atoms with van der Waals surface area (Å²) in [5.74, 6) is 0.303. The van der Waals surface area contributed by atoms with Crippen LogP contribution in [-0.2, 0) is 34.1 Å². The molecule has 0 aromatic heterocycles. The molecule has 0 atom stereocenters. The topological polar surface area (TPSA) is 102 Å². The Bertz CT molecular complexity index is 1780. The summed E-state index contributed by atoms with van der Waals surface area (Å²) >= 11 is 0. The normalized spacial score (nSPS) is 12.2. The number of alkyl halides is 3. The lowest BCUT2D eigenvalue weighted by atomic mass is 10.1. The minimum Gasteiger partial charge on any atom is -0.478 e. The van der Waals surface area contributed by atoms with Crippen LogP contribution in [0.15, 0.2) is 91.0 Å². The molecule has 1 N–H and O–H groups in total. The number of aryl methyl sites for hydroxylation is 1. The highest BCUT2D eigenvalue weighted by Crippen LogP contribution is 2.36. The third-order valence-electron chi connectivity index (χ3n) is 6.70. The Balaban J connectivity index is 1.56. The van der Waals surface area contributed by atoms with Crippen LogP contribution < -0.4 is 14.2 Å². The standard InChI is InChI=1S/C33H32F3NO7S/c1-22-17-28(15-16-29(22)44-32(2,3)31(38)39)42-27-12-8-9-23(18-27)20-37(45(4,40)41)21-24-13-14-25(33(34,35)36)19-30(24)43-26-10-6-5-7-11-26/h5-19H,20-21H2,1-4H3,(H,38,39). The Morgan fingerprint density at radius 2 is 1.47 bits per heavy atom. The Morgan fingerprint density at radius 1 is 0.800 bits per heavy atom. The van der Waals surface area contributed by atoms with Crippen LogP contribution in [-0.4, -0.2) is 35.7 Å². The van der Waals surface area contributed by atoms with E-state index in [4.69, 9.17) is 14.2 Å². The average molecular weight is 644 g/mol. The molecule has 0 aliphatic carbocycles. The van der Waals surface area contributed by atoms with Gasteiger partial charge in [0.1, 0.15) is 28.7 Å². The molecule has 0 unspecified atom stereocenters. The van der Waals surface area contributed by atoms with Gasteiger partial charge in [-0.25, -0.2) is 13.2 Å². The van der Waals surface area contributed by atoms with Gasteiger partial charge >= 0.3 is 12.1 Å². The fourth-order valence-corrected chi connectivity index (χ4v) is 4.98. The first kappa shape index (κ1) is 33.3. The van der Waals surface area contributed by atoms with Crippen LogP contribution in [0.1, 0.15) is 36.1 Å². The lowest BCUT2D eigenvalue weighted by Gasteiger charge is -2.23. The molecule has 0 saturated carbocycles. The van der Waals surface area contributed by atoms with Crippen molar-refractivity contribution >= 4 is 16.0 Å². The van der Waals surface area contributed by atoms with E-state index in [-0.39, 0.29) is 24.4 Å². The van der Waals surface area contributed by atoms with Gasteiger partial charge in [0.15, 0.2) is 5.60 Å². The van der Waals surface area contributed by atoms with Crippen molar-refractivity contribution in [3.8, 4) is 28.7 Å². The van der Waals surface area contributed by atoms with Crippen molar-refractivity contribution in [1.29, 1.82) is 0 Å². The average Bonchev–Trinajstić information content (AvgIpc) is 2.94. The van der Waals surface area contributed by atoms with Gasteiger partial charge in [0.2, 0.25) is 10.0 Å². The van der Waals surface area contributed by atoms with Crippen LogP contribution >= 0.6 is 0 Å². The second-order valence-corrected chi connectivity index (χ2v) is 12.8. The predicted molar refractivity (Wildman–Crippen MR) is 162 cm³/mol. The predicted octanol–water partition coefficient (Wildman–Crippen LogP) is 7.80. The fraction of sp³-hybridized carbons (Fsp3) is 0.242. The maximum absolute atomic E-state index is 13.5. The Labute approximate surface area is 259 Å². The Morgan fingerprint density at radius 3 is 2.09 bits per heavy atom. The minimum absolute atomic E-state index is 0.0993. The monoisotopic (exact) mass is 643 g/mol. The number of hydrogen-bond donors (Lipinski definition) is 1. The number of carbonyl (C=O) groups is 1. The van der Waals surface area contributed by atoms with E-state index in [0.29, 0.717) is 34.1 Å². The van der Waals surface area contributed by atoms with E-state index in [9.17, 15) is 31.5 Å². The molecule has 4 aromatic carbocycles. The number of nitrogens with zero attached hydrogens (tertiary/aromatic N) is 1. The van der Waals surface area contributed by atoms with E-state index in [0.717, 1.165) is 22.7 Å². The number of ether oxygens (including phenoxy) is 3. The molecule has 0 radical (unpaired) electrons. The zero-order valence-electron chi connectivity index (χ0n) is 25.0. The third kappa shape index (κ3) is 8.99. The number of benzene rings is 4. The first-order chi connectivity index (χ1) is 21.0. The SMILES string of the molecule is Cc1cc(Oc2cccc(CN(Cc3ccc(C(F)(F)F)cc3Oc3ccccc3)S(C)(=O)=O)c2)ccc1OC(C)(C)C(=O)O. The number of hydrogen-bond acceptors (Lipinski definition) is 6. The zero-order chi connectivity index (χ0) is 33.0. The summed E-state index contributed by atoms with van der Waals surface area (Å²) < 4.78 is 84.7. The number of rotatable bonds is 12. The van der Waals surface area contributed by atoms with Crippen molar-refractivity contribution in [3.63, 3.8) is 0 Å². The van der Waals surface area contributed by atoms with Gasteiger partial charge in [-0.2, -0.15) is 17.5 Å². The highest BCUT2D eigenvalue weighted by molar-refractivity contribution is 7.88. The number of para-hydroxylation sites is 1. The lowest BCUT2D eigenvalue weighted by molar-refractivity contribution is -0.152. The number of carboxylic acids is 1. The van der Waals surface area contributed by atoms with Crippen molar-refractivity contribution in [1.82, 2.24) is 4.31 Å². The smallest absolute Gasteiger partial charge is 0.416 e. The summed E-state index contributed by atoms with van der Waals surface area (Å²) in [6, 6.07) is 22.8. The van der Waals surface area contributed by atoms with E-state index < -0.39 is 33.3 Å². The van der Waals surface area contributed by atoms with Crippen LogP contribution in [0, 0.1) is 6.92 Å². The van der Waals surface area contributed by atoms with Gasteiger partial charge in [-0.15, -0.1) is 0 Å². The van der Waals surface area contributed by atoms with E-state index in [1.165, 1.54) is 19.9 Å². The zero-order valence-corrected chi connectivity index (χ0v) is 25.8. The second kappa shape index (κ2) is 13.2. The van der Waals surface area contributed by atoms with Crippen LogP contribution in [0.3, 0.4) is 0 Å². The van der Waals surface area contributed by atoms with Gasteiger partial charge in [0.05, 0.1) is 11.8 Å². The van der Waals surface area contributed by atoms with E-state index in [1.54, 1.807) is 79.7 Å². The molecule has 4 aromatic rings. The number of halogens is 3.